The van der Waals surface area contributed by atoms with Crippen LogP contribution >= 0.6 is 11.8 Å². The van der Waals surface area contributed by atoms with Crippen molar-refractivity contribution in [2.24, 2.45) is 0 Å². The van der Waals surface area contributed by atoms with E-state index in [4.69, 9.17) is 0 Å². The molecule has 0 unspecified atom stereocenters. The van der Waals surface area contributed by atoms with E-state index in [0.29, 0.717) is 4.87 Å². The SMILES string of the molecule is C1CSC2(CNC2)N1.CC.CC. The highest BCUT2D eigenvalue weighted by Gasteiger charge is 2.39. The Balaban J connectivity index is 0.000000269. The maximum absolute atomic E-state index is 3.47. The third kappa shape index (κ3) is 2.96. The fourth-order valence-electron chi connectivity index (χ4n) is 1.16. The largest absolute Gasteiger partial charge is 0.311 e. The Morgan fingerprint density at radius 1 is 1.08 bits per heavy atom. The Morgan fingerprint density at radius 3 is 1.83 bits per heavy atom. The molecule has 2 fully saturated rings. The Bertz CT molecular complexity index is 94.7. The minimum absolute atomic E-state index is 0.472. The van der Waals surface area contributed by atoms with Crippen LogP contribution in [0.4, 0.5) is 0 Å². The number of hydrogen-bond acceptors (Lipinski definition) is 3. The monoisotopic (exact) mass is 190 g/mol. The van der Waals surface area contributed by atoms with Crippen LogP contribution in [0.5, 0.6) is 0 Å². The molecule has 0 atom stereocenters. The minimum atomic E-state index is 0.472. The van der Waals surface area contributed by atoms with E-state index in [2.05, 4.69) is 22.4 Å². The zero-order valence-electron chi connectivity index (χ0n) is 8.74. The van der Waals surface area contributed by atoms with Gasteiger partial charge in [-0.05, 0) is 0 Å². The summed E-state index contributed by atoms with van der Waals surface area (Å²) in [4.78, 5) is 0.472. The lowest BCUT2D eigenvalue weighted by atomic mass is 10.2. The molecule has 0 saturated carbocycles. The maximum atomic E-state index is 3.47. The van der Waals surface area contributed by atoms with Gasteiger partial charge in [-0.15, -0.1) is 11.8 Å². The first-order valence-electron chi connectivity index (χ1n) is 5.01. The summed E-state index contributed by atoms with van der Waals surface area (Å²) in [6.07, 6.45) is 0. The van der Waals surface area contributed by atoms with Crippen LogP contribution in [0, 0.1) is 0 Å². The van der Waals surface area contributed by atoms with Crippen LogP contribution in [-0.4, -0.2) is 30.3 Å². The maximum Gasteiger partial charge on any atom is 0.0897 e. The van der Waals surface area contributed by atoms with Crippen LogP contribution < -0.4 is 10.6 Å². The molecule has 0 aromatic carbocycles. The van der Waals surface area contributed by atoms with Crippen LogP contribution in [0.15, 0.2) is 0 Å². The second-order valence-electron chi connectivity index (χ2n) is 2.37. The number of rotatable bonds is 0. The highest BCUT2D eigenvalue weighted by atomic mass is 32.2. The van der Waals surface area contributed by atoms with Gasteiger partial charge in [-0.2, -0.15) is 0 Å². The Labute approximate surface area is 80.9 Å². The van der Waals surface area contributed by atoms with Gasteiger partial charge in [-0.25, -0.2) is 0 Å². The predicted molar refractivity (Wildman–Crippen MR) is 58.8 cm³/mol. The summed E-state index contributed by atoms with van der Waals surface area (Å²) in [6.45, 7) is 11.5. The van der Waals surface area contributed by atoms with Crippen LogP contribution in [-0.2, 0) is 0 Å². The fraction of sp³-hybridized carbons (Fsp3) is 1.00. The molecule has 12 heavy (non-hydrogen) atoms. The second kappa shape index (κ2) is 6.75. The van der Waals surface area contributed by atoms with Gasteiger partial charge < -0.3 is 5.32 Å². The van der Waals surface area contributed by atoms with Crippen molar-refractivity contribution in [3.63, 3.8) is 0 Å². The molecule has 0 amide bonds. The van der Waals surface area contributed by atoms with Crippen LogP contribution in [0.25, 0.3) is 0 Å². The van der Waals surface area contributed by atoms with Gasteiger partial charge in [0.2, 0.25) is 0 Å². The first-order chi connectivity index (χ1) is 5.91. The summed E-state index contributed by atoms with van der Waals surface area (Å²) in [7, 11) is 0. The van der Waals surface area contributed by atoms with E-state index in [9.17, 15) is 0 Å². The summed E-state index contributed by atoms with van der Waals surface area (Å²) >= 11 is 2.06. The van der Waals surface area contributed by atoms with Crippen molar-refractivity contribution < 1.29 is 0 Å². The quantitative estimate of drug-likeness (QED) is 0.608. The molecule has 2 saturated heterocycles. The molecule has 2 nitrogen and oxygen atoms in total. The fourth-order valence-corrected chi connectivity index (χ4v) is 2.36. The third-order valence-corrected chi connectivity index (χ3v) is 3.14. The van der Waals surface area contributed by atoms with Crippen LogP contribution in [0.3, 0.4) is 0 Å². The summed E-state index contributed by atoms with van der Waals surface area (Å²) in [5.41, 5.74) is 0. The average Bonchev–Trinajstić information content (AvgIpc) is 2.59. The zero-order chi connectivity index (χ0) is 9.45. The Kier molecular flexibility index (Phi) is 6.90. The van der Waals surface area contributed by atoms with E-state index in [1.165, 1.54) is 12.3 Å². The number of nitrogens with one attached hydrogen (secondary N) is 2. The standard InChI is InChI=1S/C5H10N2S.2C2H6/c1-2-8-5(7-1)3-6-4-5;2*1-2/h6-7H,1-4H2;2*1-2H3. The molecule has 2 aliphatic heterocycles. The van der Waals surface area contributed by atoms with E-state index in [0.717, 1.165) is 13.1 Å². The second-order valence-corrected chi connectivity index (χ2v) is 3.85. The van der Waals surface area contributed by atoms with Crippen molar-refractivity contribution in [3.05, 3.63) is 0 Å². The zero-order valence-corrected chi connectivity index (χ0v) is 9.55. The molecular weight excluding hydrogens is 168 g/mol. The molecule has 2 rings (SSSR count). The van der Waals surface area contributed by atoms with Crippen molar-refractivity contribution in [2.45, 2.75) is 32.6 Å². The molecule has 0 aromatic rings. The summed E-state index contributed by atoms with van der Waals surface area (Å²) in [6, 6.07) is 0. The molecule has 0 aromatic heterocycles. The van der Waals surface area contributed by atoms with Crippen molar-refractivity contribution in [1.29, 1.82) is 0 Å². The highest BCUT2D eigenvalue weighted by Crippen LogP contribution is 2.29. The first-order valence-corrected chi connectivity index (χ1v) is 6.00. The Hall–Kier alpha value is 0.270. The average molecular weight is 190 g/mol. The van der Waals surface area contributed by atoms with Gasteiger partial charge in [-0.1, -0.05) is 27.7 Å². The summed E-state index contributed by atoms with van der Waals surface area (Å²) < 4.78 is 0. The molecule has 1 spiro atoms. The predicted octanol–water partition coefficient (Wildman–Crippen LogP) is 1.67. The molecule has 0 radical (unpaired) electrons. The van der Waals surface area contributed by atoms with E-state index in [1.54, 1.807) is 0 Å². The first kappa shape index (κ1) is 12.3. The lowest BCUT2D eigenvalue weighted by molar-refractivity contribution is 0.347. The van der Waals surface area contributed by atoms with Gasteiger partial charge in [0, 0.05) is 25.4 Å². The molecule has 0 aliphatic carbocycles. The van der Waals surface area contributed by atoms with Gasteiger partial charge in [-0.3, -0.25) is 5.32 Å². The van der Waals surface area contributed by atoms with Crippen LogP contribution in [0.2, 0.25) is 0 Å². The molecule has 2 aliphatic rings. The molecule has 0 bridgehead atoms. The van der Waals surface area contributed by atoms with E-state index < -0.39 is 0 Å². The minimum Gasteiger partial charge on any atom is -0.311 e. The summed E-state index contributed by atoms with van der Waals surface area (Å²) in [5.74, 6) is 1.29. The van der Waals surface area contributed by atoms with Crippen molar-refractivity contribution in [1.82, 2.24) is 10.6 Å². The topological polar surface area (TPSA) is 24.1 Å². The van der Waals surface area contributed by atoms with Crippen molar-refractivity contribution in [3.8, 4) is 0 Å². The lowest BCUT2D eigenvalue weighted by Gasteiger charge is -2.38. The van der Waals surface area contributed by atoms with E-state index in [-0.39, 0.29) is 0 Å². The van der Waals surface area contributed by atoms with Crippen molar-refractivity contribution >= 4 is 11.8 Å². The van der Waals surface area contributed by atoms with Gasteiger partial charge in [0.1, 0.15) is 0 Å². The van der Waals surface area contributed by atoms with Gasteiger partial charge in [0.05, 0.1) is 4.87 Å². The van der Waals surface area contributed by atoms with Gasteiger partial charge >= 0.3 is 0 Å². The van der Waals surface area contributed by atoms with E-state index in [1.807, 2.05) is 27.7 Å². The smallest absolute Gasteiger partial charge is 0.0897 e. The summed E-state index contributed by atoms with van der Waals surface area (Å²) in [5, 5.41) is 6.73. The molecule has 2 N–H and O–H groups in total. The molecule has 2 heterocycles. The molecule has 74 valence electrons. The molecule has 3 heteroatoms. The highest BCUT2D eigenvalue weighted by molar-refractivity contribution is 8.01. The number of hydrogen-bond donors (Lipinski definition) is 2. The van der Waals surface area contributed by atoms with Gasteiger partial charge in [0.25, 0.3) is 0 Å². The number of thioether (sulfide) groups is 1. The molecular formula is C9H22N2S. The van der Waals surface area contributed by atoms with E-state index >= 15 is 0 Å². The van der Waals surface area contributed by atoms with Gasteiger partial charge in [0.15, 0.2) is 0 Å². The Morgan fingerprint density at radius 2 is 1.67 bits per heavy atom. The third-order valence-electron chi connectivity index (χ3n) is 1.75. The van der Waals surface area contributed by atoms with Crippen molar-refractivity contribution in [2.75, 3.05) is 25.4 Å². The normalized spacial score (nSPS) is 23.0. The van der Waals surface area contributed by atoms with Crippen LogP contribution in [0.1, 0.15) is 27.7 Å². The lowest BCUT2D eigenvalue weighted by Crippen LogP contribution is -2.62.